The van der Waals surface area contributed by atoms with Gasteiger partial charge in [0.25, 0.3) is 0 Å². The molecule has 35 heavy (non-hydrogen) atoms. The van der Waals surface area contributed by atoms with Crippen LogP contribution < -0.4 is 4.74 Å². The molecule has 180 valence electrons. The Morgan fingerprint density at radius 3 is 2.29 bits per heavy atom. The Morgan fingerprint density at radius 1 is 0.914 bits per heavy atom. The van der Waals surface area contributed by atoms with Crippen molar-refractivity contribution in [2.24, 2.45) is 0 Å². The monoisotopic (exact) mass is 470 g/mol. The first kappa shape index (κ1) is 24.1. The smallest absolute Gasteiger partial charge is 0.310 e. The van der Waals surface area contributed by atoms with Crippen LogP contribution in [0.4, 0.5) is 0 Å². The van der Waals surface area contributed by atoms with Crippen molar-refractivity contribution in [3.05, 3.63) is 102 Å². The fourth-order valence-electron chi connectivity index (χ4n) is 4.01. The Kier molecular flexibility index (Phi) is 7.83. The predicted octanol–water partition coefficient (Wildman–Crippen LogP) is 4.64. The highest BCUT2D eigenvalue weighted by Crippen LogP contribution is 2.27. The minimum absolute atomic E-state index is 0.00635. The number of rotatable bonds is 10. The Balaban J connectivity index is 1.51. The third kappa shape index (κ3) is 6.29. The van der Waals surface area contributed by atoms with Crippen LogP contribution in [0.1, 0.15) is 16.7 Å². The van der Waals surface area contributed by atoms with Gasteiger partial charge in [-0.2, -0.15) is 0 Å². The first-order valence-corrected chi connectivity index (χ1v) is 11.7. The Bertz CT molecular complexity index is 1280. The highest BCUT2D eigenvalue weighted by atomic mass is 16.5. The van der Waals surface area contributed by atoms with Crippen LogP contribution in [0, 0.1) is 0 Å². The maximum Gasteiger partial charge on any atom is 0.310 e. The lowest BCUT2D eigenvalue weighted by molar-refractivity contribution is -0.139. The van der Waals surface area contributed by atoms with Gasteiger partial charge in [-0.05, 0) is 41.3 Å². The van der Waals surface area contributed by atoms with Crippen LogP contribution in [0.5, 0.6) is 5.75 Å². The van der Waals surface area contributed by atoms with E-state index in [0.717, 1.165) is 28.5 Å². The molecule has 0 aliphatic heterocycles. The zero-order chi connectivity index (χ0) is 24.6. The second-order valence-corrected chi connectivity index (χ2v) is 8.54. The van der Waals surface area contributed by atoms with Gasteiger partial charge >= 0.3 is 5.97 Å². The largest absolute Gasteiger partial charge is 0.489 e. The molecule has 1 aromatic heterocycles. The molecule has 0 bridgehead atoms. The standard InChI is InChI=1S/C29H30N2O4/c1-30(16-15-22-9-5-3-6-10-22)28(32)20-31-19-24(17-29(33)34-2)26-18-25(13-14-27(26)31)35-21-23-11-7-4-8-12-23/h3-14,18-19H,15-17,20-21H2,1-2H3. The van der Waals surface area contributed by atoms with Gasteiger partial charge in [-0.1, -0.05) is 60.7 Å². The van der Waals surface area contributed by atoms with Crippen molar-refractivity contribution in [2.45, 2.75) is 26.0 Å². The summed E-state index contributed by atoms with van der Waals surface area (Å²) >= 11 is 0. The number of amides is 1. The Morgan fingerprint density at radius 2 is 1.60 bits per heavy atom. The van der Waals surface area contributed by atoms with E-state index >= 15 is 0 Å². The molecule has 3 aromatic carbocycles. The van der Waals surface area contributed by atoms with Crippen LogP contribution in [0.2, 0.25) is 0 Å². The molecule has 0 unspecified atom stereocenters. The highest BCUT2D eigenvalue weighted by molar-refractivity contribution is 5.90. The number of hydrogen-bond acceptors (Lipinski definition) is 4. The average Bonchev–Trinajstić information content (AvgIpc) is 3.23. The van der Waals surface area contributed by atoms with Gasteiger partial charge in [0.2, 0.25) is 5.91 Å². The number of hydrogen-bond donors (Lipinski definition) is 0. The summed E-state index contributed by atoms with van der Waals surface area (Å²) in [6, 6.07) is 25.8. The molecule has 0 aliphatic rings. The Hall–Kier alpha value is -4.06. The number of likely N-dealkylation sites (N-methyl/N-ethyl adjacent to an activating group) is 1. The summed E-state index contributed by atoms with van der Waals surface area (Å²) in [5.74, 6) is 0.384. The van der Waals surface area contributed by atoms with Gasteiger partial charge in [-0.15, -0.1) is 0 Å². The van der Waals surface area contributed by atoms with E-state index in [0.29, 0.717) is 18.9 Å². The molecular weight excluding hydrogens is 440 g/mol. The van der Waals surface area contributed by atoms with E-state index in [1.165, 1.54) is 12.7 Å². The molecule has 0 spiro atoms. The third-order valence-corrected chi connectivity index (χ3v) is 6.06. The molecule has 4 aromatic rings. The van der Waals surface area contributed by atoms with Gasteiger partial charge in [-0.25, -0.2) is 0 Å². The fourth-order valence-corrected chi connectivity index (χ4v) is 4.01. The van der Waals surface area contributed by atoms with Gasteiger partial charge in [0.15, 0.2) is 0 Å². The summed E-state index contributed by atoms with van der Waals surface area (Å²) in [4.78, 5) is 26.8. The molecule has 0 saturated heterocycles. The minimum Gasteiger partial charge on any atom is -0.489 e. The van der Waals surface area contributed by atoms with Gasteiger partial charge in [0, 0.05) is 30.7 Å². The third-order valence-electron chi connectivity index (χ3n) is 6.06. The van der Waals surface area contributed by atoms with Crippen LogP contribution in [0.15, 0.2) is 85.1 Å². The van der Waals surface area contributed by atoms with Crippen LogP contribution >= 0.6 is 0 Å². The normalized spacial score (nSPS) is 10.8. The molecule has 0 aliphatic carbocycles. The van der Waals surface area contributed by atoms with Gasteiger partial charge in [-0.3, -0.25) is 9.59 Å². The number of aromatic nitrogens is 1. The lowest BCUT2D eigenvalue weighted by Crippen LogP contribution is -2.31. The lowest BCUT2D eigenvalue weighted by atomic mass is 10.1. The molecule has 1 amide bonds. The van der Waals surface area contributed by atoms with E-state index in [9.17, 15) is 9.59 Å². The first-order valence-electron chi connectivity index (χ1n) is 11.7. The molecule has 0 fully saturated rings. The molecule has 6 heteroatoms. The summed E-state index contributed by atoms with van der Waals surface area (Å²) < 4.78 is 12.8. The van der Waals surface area contributed by atoms with Crippen molar-refractivity contribution in [2.75, 3.05) is 20.7 Å². The number of carbonyl (C=O) groups is 2. The average molecular weight is 471 g/mol. The van der Waals surface area contributed by atoms with Crippen molar-refractivity contribution in [1.82, 2.24) is 9.47 Å². The topological polar surface area (TPSA) is 60.8 Å². The summed E-state index contributed by atoms with van der Waals surface area (Å²) in [5.41, 5.74) is 3.95. The predicted molar refractivity (Wildman–Crippen MR) is 136 cm³/mol. The van der Waals surface area contributed by atoms with Crippen LogP contribution in [0.25, 0.3) is 10.9 Å². The zero-order valence-electron chi connectivity index (χ0n) is 20.1. The summed E-state index contributed by atoms with van der Waals surface area (Å²) in [6.07, 6.45) is 2.79. The maximum absolute atomic E-state index is 13.0. The number of benzene rings is 3. The van der Waals surface area contributed by atoms with Crippen molar-refractivity contribution in [1.29, 1.82) is 0 Å². The Labute approximate surface area is 205 Å². The van der Waals surface area contributed by atoms with E-state index in [4.69, 9.17) is 9.47 Å². The molecule has 6 nitrogen and oxygen atoms in total. The van der Waals surface area contributed by atoms with Crippen LogP contribution in [0.3, 0.4) is 0 Å². The van der Waals surface area contributed by atoms with Crippen molar-refractivity contribution in [3.8, 4) is 5.75 Å². The molecule has 4 rings (SSSR count). The number of carbonyl (C=O) groups excluding carboxylic acids is 2. The zero-order valence-corrected chi connectivity index (χ0v) is 20.1. The van der Waals surface area contributed by atoms with E-state index in [1.54, 1.807) is 4.90 Å². The molecule has 0 N–H and O–H groups in total. The SMILES string of the molecule is COC(=O)Cc1cn(CC(=O)N(C)CCc2ccccc2)c2ccc(OCc3ccccc3)cc12. The number of nitrogens with zero attached hydrogens (tertiary/aromatic N) is 2. The van der Waals surface area contributed by atoms with Gasteiger partial charge < -0.3 is 18.9 Å². The quantitative estimate of drug-likeness (QED) is 0.317. The number of ether oxygens (including phenoxy) is 2. The van der Waals surface area contributed by atoms with Crippen molar-refractivity contribution < 1.29 is 19.1 Å². The number of esters is 1. The van der Waals surface area contributed by atoms with E-state index in [2.05, 4.69) is 12.1 Å². The molecular formula is C29H30N2O4. The summed E-state index contributed by atoms with van der Waals surface area (Å²) in [6.45, 7) is 1.27. The van der Waals surface area contributed by atoms with E-state index in [1.807, 2.05) is 84.5 Å². The van der Waals surface area contributed by atoms with Crippen LogP contribution in [-0.2, 0) is 40.3 Å². The van der Waals surface area contributed by atoms with Gasteiger partial charge in [0.1, 0.15) is 18.9 Å². The molecule has 0 atom stereocenters. The molecule has 0 saturated carbocycles. The first-order chi connectivity index (χ1) is 17.0. The van der Waals surface area contributed by atoms with E-state index < -0.39 is 0 Å². The highest BCUT2D eigenvalue weighted by Gasteiger charge is 2.17. The summed E-state index contributed by atoms with van der Waals surface area (Å²) in [5, 5.41) is 0.876. The second kappa shape index (κ2) is 11.4. The van der Waals surface area contributed by atoms with Gasteiger partial charge in [0.05, 0.1) is 13.5 Å². The van der Waals surface area contributed by atoms with Crippen molar-refractivity contribution in [3.63, 3.8) is 0 Å². The fraction of sp³-hybridized carbons (Fsp3) is 0.241. The summed E-state index contributed by atoms with van der Waals surface area (Å²) in [7, 11) is 3.20. The minimum atomic E-state index is -0.328. The van der Waals surface area contributed by atoms with E-state index in [-0.39, 0.29) is 24.8 Å². The molecule has 1 heterocycles. The number of fused-ring (bicyclic) bond motifs is 1. The van der Waals surface area contributed by atoms with Crippen LogP contribution in [-0.4, -0.2) is 42.0 Å². The second-order valence-electron chi connectivity index (χ2n) is 8.54. The molecule has 0 radical (unpaired) electrons. The number of methoxy groups -OCH3 is 1. The van der Waals surface area contributed by atoms with Crippen molar-refractivity contribution >= 4 is 22.8 Å². The maximum atomic E-state index is 13.0. The lowest BCUT2D eigenvalue weighted by Gasteiger charge is -2.18.